The molecule has 0 aliphatic heterocycles. The van der Waals surface area contributed by atoms with Gasteiger partial charge < -0.3 is 15.0 Å². The lowest BCUT2D eigenvalue weighted by Crippen LogP contribution is -2.30. The number of halogens is 2. The van der Waals surface area contributed by atoms with Gasteiger partial charge in [-0.05, 0) is 48.2 Å². The summed E-state index contributed by atoms with van der Waals surface area (Å²) in [6.45, 7) is 6.33. The summed E-state index contributed by atoms with van der Waals surface area (Å²) in [6.07, 6.45) is 0.513. The van der Waals surface area contributed by atoms with Gasteiger partial charge in [0.05, 0.1) is 11.0 Å². The Kier molecular flexibility index (Phi) is 6.19. The Bertz CT molecular complexity index is 1000. The highest BCUT2D eigenvalue weighted by Crippen LogP contribution is 2.31. The molecule has 0 aliphatic rings. The third-order valence-electron chi connectivity index (χ3n) is 4.45. The van der Waals surface area contributed by atoms with Crippen molar-refractivity contribution in [3.05, 3.63) is 58.1 Å². The summed E-state index contributed by atoms with van der Waals surface area (Å²) >= 11 is 6.19. The third kappa shape index (κ3) is 4.81. The van der Waals surface area contributed by atoms with Crippen LogP contribution in [0.2, 0.25) is 5.02 Å². The zero-order valence-corrected chi connectivity index (χ0v) is 16.9. The Hall–Kier alpha value is -2.60. The van der Waals surface area contributed by atoms with Gasteiger partial charge in [0, 0.05) is 24.1 Å². The molecule has 1 heterocycles. The molecule has 7 heteroatoms. The minimum atomic E-state index is -0.325. The van der Waals surface area contributed by atoms with Gasteiger partial charge in [-0.15, -0.1) is 0 Å². The number of nitrogens with one attached hydrogen (secondary N) is 2. The summed E-state index contributed by atoms with van der Waals surface area (Å²) in [5.74, 6) is 1.05. The van der Waals surface area contributed by atoms with E-state index in [9.17, 15) is 9.18 Å². The summed E-state index contributed by atoms with van der Waals surface area (Å²) < 4.78 is 18.9. The lowest BCUT2D eigenvalue weighted by molar-refractivity contribution is -0.123. The second kappa shape index (κ2) is 8.61. The van der Waals surface area contributed by atoms with Crippen molar-refractivity contribution in [3.63, 3.8) is 0 Å². The van der Waals surface area contributed by atoms with Crippen molar-refractivity contribution >= 4 is 28.5 Å². The number of carbonyl (C=O) groups excluding carboxylic acids is 1. The van der Waals surface area contributed by atoms with Gasteiger partial charge in [-0.2, -0.15) is 0 Å². The quantitative estimate of drug-likeness (QED) is 0.609. The third-order valence-corrected chi connectivity index (χ3v) is 4.86. The molecule has 1 aromatic heterocycles. The Balaban J connectivity index is 1.52. The minimum Gasteiger partial charge on any atom is -0.483 e. The highest BCUT2D eigenvalue weighted by molar-refractivity contribution is 6.31. The van der Waals surface area contributed by atoms with Gasteiger partial charge in [0.15, 0.2) is 6.61 Å². The molecule has 0 saturated heterocycles. The summed E-state index contributed by atoms with van der Waals surface area (Å²) in [5, 5.41) is 3.49. The van der Waals surface area contributed by atoms with E-state index in [0.29, 0.717) is 35.1 Å². The number of benzene rings is 2. The number of aromatic nitrogens is 2. The molecule has 0 saturated carbocycles. The van der Waals surface area contributed by atoms with E-state index in [1.54, 1.807) is 6.07 Å². The number of rotatable bonds is 7. The van der Waals surface area contributed by atoms with Crippen LogP contribution >= 0.6 is 11.6 Å². The van der Waals surface area contributed by atoms with E-state index in [-0.39, 0.29) is 24.2 Å². The van der Waals surface area contributed by atoms with Crippen molar-refractivity contribution in [1.82, 2.24) is 15.3 Å². The van der Waals surface area contributed by atoms with Gasteiger partial charge in [0.1, 0.15) is 17.4 Å². The molecule has 148 valence electrons. The van der Waals surface area contributed by atoms with E-state index in [4.69, 9.17) is 16.3 Å². The van der Waals surface area contributed by atoms with Crippen molar-refractivity contribution < 1.29 is 13.9 Å². The number of aryl methyl sites for hydroxylation is 1. The molecule has 3 rings (SSSR count). The first-order valence-electron chi connectivity index (χ1n) is 9.17. The molecule has 0 bridgehead atoms. The SMILES string of the molecule is Cc1cc(OCC(=O)NCCc2nc3cc(F)ccc3[nH]2)c(C(C)C)cc1Cl. The summed E-state index contributed by atoms with van der Waals surface area (Å²) in [7, 11) is 0. The van der Waals surface area contributed by atoms with Crippen molar-refractivity contribution in [3.8, 4) is 5.75 Å². The summed E-state index contributed by atoms with van der Waals surface area (Å²) in [5.41, 5.74) is 3.22. The Morgan fingerprint density at radius 3 is 2.86 bits per heavy atom. The van der Waals surface area contributed by atoms with Crippen LogP contribution in [0.15, 0.2) is 30.3 Å². The van der Waals surface area contributed by atoms with Crippen LogP contribution < -0.4 is 10.1 Å². The first-order valence-corrected chi connectivity index (χ1v) is 9.55. The molecule has 0 fully saturated rings. The smallest absolute Gasteiger partial charge is 0.257 e. The zero-order chi connectivity index (χ0) is 20.3. The average Bonchev–Trinajstić information content (AvgIpc) is 3.03. The highest BCUT2D eigenvalue weighted by atomic mass is 35.5. The van der Waals surface area contributed by atoms with Crippen molar-refractivity contribution in [2.45, 2.75) is 33.1 Å². The molecule has 0 aliphatic carbocycles. The molecule has 0 spiro atoms. The number of fused-ring (bicyclic) bond motifs is 1. The Morgan fingerprint density at radius 1 is 1.32 bits per heavy atom. The molecule has 2 aromatic carbocycles. The number of hydrogen-bond donors (Lipinski definition) is 2. The van der Waals surface area contributed by atoms with Crippen LogP contribution in [0.5, 0.6) is 5.75 Å². The number of aromatic amines is 1. The number of H-pyrrole nitrogens is 1. The largest absolute Gasteiger partial charge is 0.483 e. The topological polar surface area (TPSA) is 67.0 Å². The van der Waals surface area contributed by atoms with Gasteiger partial charge in [0.2, 0.25) is 0 Å². The maximum absolute atomic E-state index is 13.2. The van der Waals surface area contributed by atoms with Gasteiger partial charge in [-0.25, -0.2) is 9.37 Å². The Morgan fingerprint density at radius 2 is 2.11 bits per heavy atom. The van der Waals surface area contributed by atoms with E-state index in [0.717, 1.165) is 16.6 Å². The number of nitrogens with zero attached hydrogens (tertiary/aromatic N) is 1. The van der Waals surface area contributed by atoms with Gasteiger partial charge in [-0.1, -0.05) is 25.4 Å². The maximum Gasteiger partial charge on any atom is 0.257 e. The van der Waals surface area contributed by atoms with E-state index < -0.39 is 0 Å². The molecule has 0 atom stereocenters. The summed E-state index contributed by atoms with van der Waals surface area (Å²) in [6, 6.07) is 8.15. The van der Waals surface area contributed by atoms with Crippen LogP contribution in [0.3, 0.4) is 0 Å². The van der Waals surface area contributed by atoms with E-state index in [1.165, 1.54) is 12.1 Å². The van der Waals surface area contributed by atoms with E-state index in [1.807, 2.05) is 32.9 Å². The number of ether oxygens (including phenoxy) is 1. The first-order chi connectivity index (χ1) is 13.3. The molecular weight excluding hydrogens is 381 g/mol. The van der Waals surface area contributed by atoms with Crippen LogP contribution in [-0.4, -0.2) is 29.0 Å². The molecular formula is C21H23ClFN3O2. The Labute approximate surface area is 168 Å². The van der Waals surface area contributed by atoms with Gasteiger partial charge in [0.25, 0.3) is 5.91 Å². The number of carbonyl (C=O) groups is 1. The lowest BCUT2D eigenvalue weighted by atomic mass is 10.0. The van der Waals surface area contributed by atoms with Crippen LogP contribution in [0.4, 0.5) is 4.39 Å². The molecule has 3 aromatic rings. The minimum absolute atomic E-state index is 0.0772. The normalized spacial score (nSPS) is 11.2. The van der Waals surface area contributed by atoms with Gasteiger partial charge in [-0.3, -0.25) is 4.79 Å². The molecule has 5 nitrogen and oxygen atoms in total. The molecule has 0 unspecified atom stereocenters. The van der Waals surface area contributed by atoms with E-state index in [2.05, 4.69) is 15.3 Å². The molecule has 0 radical (unpaired) electrons. The summed E-state index contributed by atoms with van der Waals surface area (Å²) in [4.78, 5) is 19.5. The fraction of sp³-hybridized carbons (Fsp3) is 0.333. The van der Waals surface area contributed by atoms with Gasteiger partial charge >= 0.3 is 0 Å². The fourth-order valence-electron chi connectivity index (χ4n) is 2.91. The maximum atomic E-state index is 13.2. The number of hydrogen-bond acceptors (Lipinski definition) is 3. The lowest BCUT2D eigenvalue weighted by Gasteiger charge is -2.15. The molecule has 2 N–H and O–H groups in total. The molecule has 28 heavy (non-hydrogen) atoms. The van der Waals surface area contributed by atoms with Crippen LogP contribution in [-0.2, 0) is 11.2 Å². The van der Waals surface area contributed by atoms with Crippen molar-refractivity contribution in [2.75, 3.05) is 13.2 Å². The predicted molar refractivity (Wildman–Crippen MR) is 109 cm³/mol. The number of amides is 1. The monoisotopic (exact) mass is 403 g/mol. The average molecular weight is 404 g/mol. The predicted octanol–water partition coefficient (Wildman–Crippen LogP) is 4.52. The van der Waals surface area contributed by atoms with E-state index >= 15 is 0 Å². The fourth-order valence-corrected chi connectivity index (χ4v) is 3.08. The second-order valence-corrected chi connectivity index (χ2v) is 7.43. The van der Waals surface area contributed by atoms with Crippen molar-refractivity contribution in [2.24, 2.45) is 0 Å². The van der Waals surface area contributed by atoms with Crippen LogP contribution in [0, 0.1) is 12.7 Å². The standard InChI is InChI=1S/C21H23ClFN3O2/c1-12(2)15-10-16(22)13(3)8-19(15)28-11-21(27)24-7-6-20-25-17-5-4-14(23)9-18(17)26-20/h4-5,8-10,12H,6-7,11H2,1-3H3,(H,24,27)(H,25,26). The van der Waals surface area contributed by atoms with Crippen molar-refractivity contribution in [1.29, 1.82) is 0 Å². The van der Waals surface area contributed by atoms with Crippen LogP contribution in [0.1, 0.15) is 36.7 Å². The second-order valence-electron chi connectivity index (χ2n) is 7.03. The van der Waals surface area contributed by atoms with Crippen LogP contribution in [0.25, 0.3) is 11.0 Å². The highest BCUT2D eigenvalue weighted by Gasteiger charge is 2.13. The zero-order valence-electron chi connectivity index (χ0n) is 16.1. The molecule has 1 amide bonds. The first kappa shape index (κ1) is 20.1. The number of imidazole rings is 1.